The maximum Gasteiger partial charge on any atom is 0.137 e. The van der Waals surface area contributed by atoms with Crippen molar-refractivity contribution in [3.05, 3.63) is 24.0 Å². The van der Waals surface area contributed by atoms with Crippen molar-refractivity contribution < 1.29 is 4.74 Å². The van der Waals surface area contributed by atoms with Crippen LogP contribution in [-0.2, 0) is 5.41 Å². The van der Waals surface area contributed by atoms with E-state index in [0.717, 1.165) is 12.3 Å². The van der Waals surface area contributed by atoms with Crippen molar-refractivity contribution in [2.75, 3.05) is 13.7 Å². The molecule has 0 saturated heterocycles. The summed E-state index contributed by atoms with van der Waals surface area (Å²) in [5.41, 5.74) is 1.55. The van der Waals surface area contributed by atoms with E-state index in [1.165, 1.54) is 31.2 Å². The Morgan fingerprint density at radius 3 is 3.06 bits per heavy atom. The highest BCUT2D eigenvalue weighted by Crippen LogP contribution is 2.41. The van der Waals surface area contributed by atoms with Gasteiger partial charge < -0.3 is 10.1 Å². The van der Waals surface area contributed by atoms with Gasteiger partial charge in [-0.15, -0.1) is 0 Å². The lowest BCUT2D eigenvalue weighted by Gasteiger charge is -2.25. The number of hydrogen-bond acceptors (Lipinski definition) is 3. The van der Waals surface area contributed by atoms with Gasteiger partial charge in [-0.2, -0.15) is 0 Å². The summed E-state index contributed by atoms with van der Waals surface area (Å²) in [5.74, 6) is 0.860. The fraction of sp³-hybridized carbons (Fsp3) is 0.667. The number of hydrogen-bond donors (Lipinski definition) is 1. The topological polar surface area (TPSA) is 34.2 Å². The molecule has 0 aliphatic heterocycles. The van der Waals surface area contributed by atoms with Gasteiger partial charge in [0.15, 0.2) is 0 Å². The van der Waals surface area contributed by atoms with Crippen molar-refractivity contribution in [1.29, 1.82) is 0 Å². The molecule has 0 amide bonds. The molecule has 0 aromatic carbocycles. The van der Waals surface area contributed by atoms with Crippen LogP contribution in [0.15, 0.2) is 18.5 Å². The summed E-state index contributed by atoms with van der Waals surface area (Å²) in [4.78, 5) is 4.29. The molecule has 3 heteroatoms. The zero-order valence-electron chi connectivity index (χ0n) is 11.7. The maximum atomic E-state index is 5.27. The Kier molecular flexibility index (Phi) is 4.23. The van der Waals surface area contributed by atoms with Crippen LogP contribution in [0.2, 0.25) is 0 Å². The normalized spacial score (nSPS) is 27.4. The Hall–Kier alpha value is -1.09. The lowest BCUT2D eigenvalue weighted by molar-refractivity contribution is 0.406. The molecule has 1 fully saturated rings. The van der Waals surface area contributed by atoms with Gasteiger partial charge in [0.05, 0.1) is 13.3 Å². The molecule has 1 aromatic heterocycles. The minimum absolute atomic E-state index is 0.243. The van der Waals surface area contributed by atoms with Crippen LogP contribution >= 0.6 is 0 Å². The highest BCUT2D eigenvalue weighted by atomic mass is 16.5. The monoisotopic (exact) mass is 248 g/mol. The van der Waals surface area contributed by atoms with Gasteiger partial charge in [0.25, 0.3) is 0 Å². The van der Waals surface area contributed by atoms with E-state index in [0.29, 0.717) is 6.04 Å². The number of methoxy groups -OCH3 is 1. The molecule has 1 aliphatic carbocycles. The van der Waals surface area contributed by atoms with Crippen LogP contribution in [0.4, 0.5) is 0 Å². The number of aromatic nitrogens is 1. The molecule has 0 bridgehead atoms. The highest BCUT2D eigenvalue weighted by molar-refractivity contribution is 5.30. The van der Waals surface area contributed by atoms with E-state index in [1.807, 2.05) is 6.20 Å². The number of nitrogens with zero attached hydrogens (tertiary/aromatic N) is 1. The van der Waals surface area contributed by atoms with Crippen LogP contribution in [-0.4, -0.2) is 24.7 Å². The lowest BCUT2D eigenvalue weighted by Crippen LogP contribution is -2.29. The molecule has 1 aromatic rings. The molecule has 2 atom stereocenters. The van der Waals surface area contributed by atoms with Crippen molar-refractivity contribution in [2.24, 2.45) is 0 Å². The first kappa shape index (κ1) is 13.3. The molecular weight excluding hydrogens is 224 g/mol. The molecule has 18 heavy (non-hydrogen) atoms. The van der Waals surface area contributed by atoms with Gasteiger partial charge in [-0.3, -0.25) is 4.98 Å². The Balaban J connectivity index is 2.07. The third kappa shape index (κ3) is 2.83. The summed E-state index contributed by atoms with van der Waals surface area (Å²) in [6.07, 6.45) is 8.64. The summed E-state index contributed by atoms with van der Waals surface area (Å²) >= 11 is 0. The Labute approximate surface area is 110 Å². The SMILES string of the molecule is CCCNC1CCC(C)(c2cncc(OC)c2)C1. The van der Waals surface area contributed by atoms with Gasteiger partial charge in [-0.1, -0.05) is 13.8 Å². The van der Waals surface area contributed by atoms with E-state index in [2.05, 4.69) is 30.2 Å². The maximum absolute atomic E-state index is 5.27. The first-order valence-electron chi connectivity index (χ1n) is 6.91. The molecule has 3 nitrogen and oxygen atoms in total. The van der Waals surface area contributed by atoms with Gasteiger partial charge in [0.1, 0.15) is 5.75 Å². The van der Waals surface area contributed by atoms with E-state index in [9.17, 15) is 0 Å². The standard InChI is InChI=1S/C15H24N2O/c1-4-7-17-13-5-6-15(2,9-13)12-8-14(18-3)11-16-10-12/h8,10-11,13,17H,4-7,9H2,1-3H3. The van der Waals surface area contributed by atoms with Gasteiger partial charge in [0.2, 0.25) is 0 Å². The minimum atomic E-state index is 0.243. The van der Waals surface area contributed by atoms with Gasteiger partial charge in [-0.05, 0) is 49.3 Å². The molecule has 0 spiro atoms. The molecule has 0 radical (unpaired) electrons. The largest absolute Gasteiger partial charge is 0.495 e. The number of ether oxygens (including phenoxy) is 1. The summed E-state index contributed by atoms with van der Waals surface area (Å²) in [6, 6.07) is 2.79. The summed E-state index contributed by atoms with van der Waals surface area (Å²) in [5, 5.41) is 3.63. The van der Waals surface area contributed by atoms with Crippen molar-refractivity contribution in [1.82, 2.24) is 10.3 Å². The summed E-state index contributed by atoms with van der Waals surface area (Å²) < 4.78 is 5.27. The van der Waals surface area contributed by atoms with Crippen LogP contribution in [0, 0.1) is 0 Å². The second kappa shape index (κ2) is 5.70. The highest BCUT2D eigenvalue weighted by Gasteiger charge is 2.36. The van der Waals surface area contributed by atoms with E-state index >= 15 is 0 Å². The van der Waals surface area contributed by atoms with Gasteiger partial charge in [0, 0.05) is 12.2 Å². The zero-order chi connectivity index (χ0) is 13.0. The molecule has 1 aliphatic rings. The zero-order valence-corrected chi connectivity index (χ0v) is 11.7. The Bertz CT molecular complexity index is 394. The number of rotatable bonds is 5. The number of nitrogens with one attached hydrogen (secondary N) is 1. The molecule has 2 rings (SSSR count). The van der Waals surface area contributed by atoms with Crippen LogP contribution in [0.5, 0.6) is 5.75 Å². The molecule has 1 N–H and O–H groups in total. The third-order valence-electron chi connectivity index (χ3n) is 4.07. The average molecular weight is 248 g/mol. The fourth-order valence-corrected chi connectivity index (χ4v) is 2.89. The average Bonchev–Trinajstić information content (AvgIpc) is 2.80. The van der Waals surface area contributed by atoms with Gasteiger partial charge >= 0.3 is 0 Å². The van der Waals surface area contributed by atoms with Crippen LogP contribution in [0.25, 0.3) is 0 Å². The molecular formula is C15H24N2O. The number of pyridine rings is 1. The summed E-state index contributed by atoms with van der Waals surface area (Å²) in [6.45, 7) is 5.68. The predicted molar refractivity (Wildman–Crippen MR) is 74.1 cm³/mol. The van der Waals surface area contributed by atoms with E-state index in [-0.39, 0.29) is 5.41 Å². The molecule has 2 unspecified atom stereocenters. The fourth-order valence-electron chi connectivity index (χ4n) is 2.89. The van der Waals surface area contributed by atoms with Crippen LogP contribution in [0.1, 0.15) is 45.1 Å². The first-order valence-corrected chi connectivity index (χ1v) is 6.91. The molecule has 1 saturated carbocycles. The molecule has 1 heterocycles. The quantitative estimate of drug-likeness (QED) is 0.870. The molecule has 100 valence electrons. The Morgan fingerprint density at radius 1 is 1.50 bits per heavy atom. The van der Waals surface area contributed by atoms with E-state index in [4.69, 9.17) is 4.74 Å². The van der Waals surface area contributed by atoms with Gasteiger partial charge in [-0.25, -0.2) is 0 Å². The van der Waals surface area contributed by atoms with E-state index < -0.39 is 0 Å². The first-order chi connectivity index (χ1) is 8.68. The Morgan fingerprint density at radius 2 is 2.33 bits per heavy atom. The second-order valence-corrected chi connectivity index (χ2v) is 5.57. The van der Waals surface area contributed by atoms with Crippen molar-refractivity contribution in [3.8, 4) is 5.75 Å². The van der Waals surface area contributed by atoms with E-state index in [1.54, 1.807) is 13.3 Å². The predicted octanol–water partition coefficient (Wildman–Crippen LogP) is 2.90. The lowest BCUT2D eigenvalue weighted by atomic mass is 9.81. The smallest absolute Gasteiger partial charge is 0.137 e. The third-order valence-corrected chi connectivity index (χ3v) is 4.07. The second-order valence-electron chi connectivity index (χ2n) is 5.57. The minimum Gasteiger partial charge on any atom is -0.495 e. The van der Waals surface area contributed by atoms with Crippen LogP contribution in [0.3, 0.4) is 0 Å². The summed E-state index contributed by atoms with van der Waals surface area (Å²) in [7, 11) is 1.70. The van der Waals surface area contributed by atoms with Crippen LogP contribution < -0.4 is 10.1 Å². The van der Waals surface area contributed by atoms with Crippen molar-refractivity contribution >= 4 is 0 Å². The van der Waals surface area contributed by atoms with Crippen molar-refractivity contribution in [2.45, 2.75) is 51.0 Å². The van der Waals surface area contributed by atoms with Crippen molar-refractivity contribution in [3.63, 3.8) is 0 Å².